The second kappa shape index (κ2) is 8.37. The van der Waals surface area contributed by atoms with Crippen LogP contribution in [0.25, 0.3) is 0 Å². The Labute approximate surface area is 181 Å². The molecule has 2 aromatic carbocycles. The molecule has 2 aliphatic heterocycles. The van der Waals surface area contributed by atoms with Crippen molar-refractivity contribution in [3.8, 4) is 17.2 Å². The van der Waals surface area contributed by atoms with Gasteiger partial charge in [0.2, 0.25) is 11.7 Å². The number of carbonyl (C=O) groups excluding carboxylic acids is 2. The molecule has 164 valence electrons. The zero-order valence-electron chi connectivity index (χ0n) is 18.0. The standard InChI is InChI=1S/C23H27N3O5/c1-29-18-13-16(14-19(30-2)20(18)31-3)21(27)25-11-9-23(10-12-25)22(28)24-15-26(23)17-7-5-4-6-8-17/h4-8,13-14H,9-12,15H2,1-3H3,(H,24,28). The lowest BCUT2D eigenvalue weighted by Gasteiger charge is -2.43. The van der Waals surface area contributed by atoms with Crippen molar-refractivity contribution < 1.29 is 23.8 Å². The average molecular weight is 425 g/mol. The Morgan fingerprint density at radius 1 is 0.968 bits per heavy atom. The number of anilines is 1. The van der Waals surface area contributed by atoms with Gasteiger partial charge in [0.05, 0.1) is 28.0 Å². The molecule has 2 amide bonds. The Balaban J connectivity index is 1.55. The smallest absolute Gasteiger partial charge is 0.254 e. The summed E-state index contributed by atoms with van der Waals surface area (Å²) >= 11 is 0. The van der Waals surface area contributed by atoms with Gasteiger partial charge >= 0.3 is 0 Å². The molecule has 8 heteroatoms. The highest BCUT2D eigenvalue weighted by Gasteiger charge is 2.50. The molecule has 0 aliphatic carbocycles. The Morgan fingerprint density at radius 2 is 1.58 bits per heavy atom. The van der Waals surface area contributed by atoms with Gasteiger partial charge in [0.15, 0.2) is 11.5 Å². The van der Waals surface area contributed by atoms with E-state index in [1.807, 2.05) is 30.3 Å². The summed E-state index contributed by atoms with van der Waals surface area (Å²) in [5.41, 5.74) is 0.833. The van der Waals surface area contributed by atoms with E-state index in [0.29, 0.717) is 55.4 Å². The number of ether oxygens (including phenoxy) is 3. The minimum absolute atomic E-state index is 0.0243. The van der Waals surface area contributed by atoms with Crippen molar-refractivity contribution in [1.82, 2.24) is 10.2 Å². The summed E-state index contributed by atoms with van der Waals surface area (Å²) in [5, 5.41) is 2.98. The van der Waals surface area contributed by atoms with E-state index in [1.165, 1.54) is 21.3 Å². The Morgan fingerprint density at radius 3 is 2.13 bits per heavy atom. The molecule has 8 nitrogen and oxygen atoms in total. The number of likely N-dealkylation sites (tertiary alicyclic amines) is 1. The molecule has 1 N–H and O–H groups in total. The number of para-hydroxylation sites is 1. The van der Waals surface area contributed by atoms with Crippen molar-refractivity contribution in [1.29, 1.82) is 0 Å². The molecule has 2 fully saturated rings. The summed E-state index contributed by atoms with van der Waals surface area (Å²) in [6, 6.07) is 13.2. The van der Waals surface area contributed by atoms with E-state index in [-0.39, 0.29) is 11.8 Å². The van der Waals surface area contributed by atoms with Crippen LogP contribution in [-0.2, 0) is 4.79 Å². The molecule has 0 saturated carbocycles. The Bertz CT molecular complexity index is 945. The molecular weight excluding hydrogens is 398 g/mol. The summed E-state index contributed by atoms with van der Waals surface area (Å²) in [4.78, 5) is 29.9. The number of nitrogens with one attached hydrogen (secondary N) is 1. The maximum absolute atomic E-state index is 13.2. The molecule has 2 heterocycles. The minimum atomic E-state index is -0.632. The monoisotopic (exact) mass is 425 g/mol. The van der Waals surface area contributed by atoms with Crippen molar-refractivity contribution in [2.75, 3.05) is 46.0 Å². The van der Waals surface area contributed by atoms with Gasteiger partial charge in [-0.1, -0.05) is 18.2 Å². The van der Waals surface area contributed by atoms with Gasteiger partial charge in [-0.15, -0.1) is 0 Å². The predicted molar refractivity (Wildman–Crippen MR) is 116 cm³/mol. The SMILES string of the molecule is COc1cc(C(=O)N2CCC3(CC2)C(=O)NCN3c2ccccc2)cc(OC)c1OC. The number of benzene rings is 2. The molecule has 0 bridgehead atoms. The van der Waals surface area contributed by atoms with Crippen LogP contribution in [0.15, 0.2) is 42.5 Å². The molecule has 2 aliphatic rings. The molecule has 4 rings (SSSR count). The topological polar surface area (TPSA) is 80.3 Å². The maximum atomic E-state index is 13.2. The molecular formula is C23H27N3O5. The van der Waals surface area contributed by atoms with Gasteiger partial charge in [-0.2, -0.15) is 0 Å². The second-order valence-electron chi connectivity index (χ2n) is 7.67. The van der Waals surface area contributed by atoms with Crippen LogP contribution in [0.2, 0.25) is 0 Å². The van der Waals surface area contributed by atoms with Crippen LogP contribution in [0, 0.1) is 0 Å². The summed E-state index contributed by atoms with van der Waals surface area (Å²) in [5.74, 6) is 1.21. The number of rotatable bonds is 5. The highest BCUT2D eigenvalue weighted by atomic mass is 16.5. The number of hydrogen-bond donors (Lipinski definition) is 1. The van der Waals surface area contributed by atoms with Crippen molar-refractivity contribution in [2.45, 2.75) is 18.4 Å². The zero-order chi connectivity index (χ0) is 22.0. The van der Waals surface area contributed by atoms with E-state index in [2.05, 4.69) is 10.2 Å². The summed E-state index contributed by atoms with van der Waals surface area (Å²) in [6.07, 6.45) is 1.12. The van der Waals surface area contributed by atoms with Crippen molar-refractivity contribution in [3.63, 3.8) is 0 Å². The van der Waals surface area contributed by atoms with Gasteiger partial charge in [0, 0.05) is 24.3 Å². The summed E-state index contributed by atoms with van der Waals surface area (Å²) in [6.45, 7) is 1.43. The second-order valence-corrected chi connectivity index (χ2v) is 7.67. The fraction of sp³-hybridized carbons (Fsp3) is 0.391. The molecule has 0 atom stereocenters. The predicted octanol–water partition coefficient (Wildman–Crippen LogP) is 2.28. The van der Waals surface area contributed by atoms with Crippen molar-refractivity contribution in [3.05, 3.63) is 48.0 Å². The first-order valence-corrected chi connectivity index (χ1v) is 10.2. The van der Waals surface area contributed by atoms with E-state index >= 15 is 0 Å². The van der Waals surface area contributed by atoms with Gasteiger partial charge in [-0.05, 0) is 37.1 Å². The fourth-order valence-corrected chi connectivity index (χ4v) is 4.50. The van der Waals surface area contributed by atoms with Crippen LogP contribution >= 0.6 is 0 Å². The van der Waals surface area contributed by atoms with Gasteiger partial charge in [0.25, 0.3) is 5.91 Å². The van der Waals surface area contributed by atoms with Crippen molar-refractivity contribution in [2.24, 2.45) is 0 Å². The van der Waals surface area contributed by atoms with Crippen LogP contribution in [0.3, 0.4) is 0 Å². The van der Waals surface area contributed by atoms with E-state index in [1.54, 1.807) is 17.0 Å². The van der Waals surface area contributed by atoms with Gasteiger partial charge in [0.1, 0.15) is 5.54 Å². The number of amides is 2. The fourth-order valence-electron chi connectivity index (χ4n) is 4.50. The normalized spacial score (nSPS) is 17.5. The van der Waals surface area contributed by atoms with E-state index in [0.717, 1.165) is 5.69 Å². The van der Waals surface area contributed by atoms with Crippen LogP contribution in [-0.4, -0.2) is 63.3 Å². The number of carbonyl (C=O) groups is 2. The van der Waals surface area contributed by atoms with E-state index in [9.17, 15) is 9.59 Å². The molecule has 0 aromatic heterocycles. The summed E-state index contributed by atoms with van der Waals surface area (Å²) < 4.78 is 16.1. The minimum Gasteiger partial charge on any atom is -0.493 e. The van der Waals surface area contributed by atoms with E-state index in [4.69, 9.17) is 14.2 Å². The average Bonchev–Trinajstić information content (AvgIpc) is 3.13. The lowest BCUT2D eigenvalue weighted by Crippen LogP contribution is -2.57. The highest BCUT2D eigenvalue weighted by Crippen LogP contribution is 2.40. The number of piperidine rings is 1. The maximum Gasteiger partial charge on any atom is 0.254 e. The van der Waals surface area contributed by atoms with E-state index < -0.39 is 5.54 Å². The van der Waals surface area contributed by atoms with Crippen molar-refractivity contribution >= 4 is 17.5 Å². The lowest BCUT2D eigenvalue weighted by molar-refractivity contribution is -0.124. The first kappa shape index (κ1) is 20.8. The van der Waals surface area contributed by atoms with Gasteiger partial charge in [-0.25, -0.2) is 0 Å². The molecule has 31 heavy (non-hydrogen) atoms. The van der Waals surface area contributed by atoms with Gasteiger partial charge in [-0.3, -0.25) is 9.59 Å². The zero-order valence-corrected chi connectivity index (χ0v) is 18.0. The molecule has 2 aromatic rings. The number of methoxy groups -OCH3 is 3. The third kappa shape index (κ3) is 3.52. The largest absolute Gasteiger partial charge is 0.493 e. The van der Waals surface area contributed by atoms with Crippen LogP contribution in [0.5, 0.6) is 17.2 Å². The van der Waals surface area contributed by atoms with Crippen LogP contribution in [0.1, 0.15) is 23.2 Å². The van der Waals surface area contributed by atoms with Crippen LogP contribution < -0.4 is 24.4 Å². The summed E-state index contributed by atoms with van der Waals surface area (Å²) in [7, 11) is 4.57. The Kier molecular flexibility index (Phi) is 5.63. The first-order chi connectivity index (χ1) is 15.0. The molecule has 2 saturated heterocycles. The molecule has 0 radical (unpaired) electrons. The third-order valence-electron chi connectivity index (χ3n) is 6.19. The van der Waals surface area contributed by atoms with Crippen LogP contribution in [0.4, 0.5) is 5.69 Å². The quantitative estimate of drug-likeness (QED) is 0.792. The van der Waals surface area contributed by atoms with Gasteiger partial charge < -0.3 is 29.3 Å². The highest BCUT2D eigenvalue weighted by molar-refractivity contribution is 5.97. The number of nitrogens with zero attached hydrogens (tertiary/aromatic N) is 2. The first-order valence-electron chi connectivity index (χ1n) is 10.2. The lowest BCUT2D eigenvalue weighted by atomic mass is 9.85. The molecule has 1 spiro atoms. The Hall–Kier alpha value is -3.42. The number of hydrogen-bond acceptors (Lipinski definition) is 6. The molecule has 0 unspecified atom stereocenters. The third-order valence-corrected chi connectivity index (χ3v) is 6.19.